The third-order valence-corrected chi connectivity index (χ3v) is 3.27. The molecular weight excluding hydrogens is 313 g/mol. The topological polar surface area (TPSA) is 20.2 Å². The zero-order valence-electron chi connectivity index (χ0n) is 10.7. The van der Waals surface area contributed by atoms with Crippen LogP contribution in [0.25, 0.3) is 0 Å². The predicted molar refractivity (Wildman–Crippen MR) is 69.0 cm³/mol. The van der Waals surface area contributed by atoms with Crippen molar-refractivity contribution in [2.24, 2.45) is 0 Å². The molecule has 9 heteroatoms. The number of rotatable bonds is 0. The van der Waals surface area contributed by atoms with Gasteiger partial charge in [-0.2, -0.15) is 0 Å². The fourth-order valence-electron chi connectivity index (χ4n) is 1.29. The maximum absolute atomic E-state index is 10.7. The normalized spacial score (nSPS) is 15.1. The second kappa shape index (κ2) is 4.45. The van der Waals surface area contributed by atoms with Crippen molar-refractivity contribution in [3.63, 3.8) is 0 Å². The zero-order chi connectivity index (χ0) is 15.9. The van der Waals surface area contributed by atoms with Gasteiger partial charge in [0.1, 0.15) is 0 Å². The maximum atomic E-state index is 9.87. The molecule has 19 heavy (non-hydrogen) atoms. The van der Waals surface area contributed by atoms with Crippen LogP contribution >= 0.6 is 7.81 Å². The molecule has 0 aliphatic rings. The van der Waals surface area contributed by atoms with Gasteiger partial charge < -0.3 is 5.11 Å². The summed E-state index contributed by atoms with van der Waals surface area (Å²) in [4.78, 5) is 0.815. The molecule has 1 N–H and O–H groups in total. The molecule has 1 aromatic carbocycles. The van der Waals surface area contributed by atoms with Gasteiger partial charge in [0.15, 0.2) is 10.6 Å². The first-order valence-electron chi connectivity index (χ1n) is 4.99. The van der Waals surface area contributed by atoms with Crippen molar-refractivity contribution in [1.82, 2.24) is 0 Å². The Labute approximate surface area is 112 Å². The molecule has 0 heterocycles. The van der Waals surface area contributed by atoms with Crippen LogP contribution in [0.1, 0.15) is 22.3 Å². The van der Waals surface area contributed by atoms with Gasteiger partial charge in [0.05, 0.1) is 0 Å². The molecule has 0 amide bonds. The summed E-state index contributed by atoms with van der Waals surface area (Å²) < 4.78 is 59.2. The van der Waals surface area contributed by atoms with Crippen LogP contribution < -0.4 is 0 Å². The summed E-state index contributed by atoms with van der Waals surface area (Å²) in [6.07, 6.45) is 0. The van der Waals surface area contributed by atoms with E-state index in [-0.39, 0.29) is 0 Å². The Bertz CT molecular complexity index is 392. The van der Waals surface area contributed by atoms with Crippen molar-refractivity contribution in [2.75, 3.05) is 0 Å². The first-order chi connectivity index (χ1) is 7.91. The number of hydrogen-bond donors (Lipinski definition) is 1. The summed E-state index contributed by atoms with van der Waals surface area (Å²) in [5.41, 5.74) is 4.50. The number of aromatic hydroxyl groups is 1. The van der Waals surface area contributed by atoms with E-state index in [1.165, 1.54) is 11.1 Å². The number of phenols is 1. The first kappa shape index (κ1) is 18.4. The molecule has 1 rings (SSSR count). The van der Waals surface area contributed by atoms with Crippen molar-refractivity contribution >= 4 is 20.4 Å². The molecule has 0 saturated heterocycles. The summed E-state index contributed by atoms with van der Waals surface area (Å²) >= 11 is 3.42. The first-order valence-corrected chi connectivity index (χ1v) is 7.52. The fourth-order valence-corrected chi connectivity index (χ4v) is 1.67. The van der Waals surface area contributed by atoms with Gasteiger partial charge in [0.2, 0.25) is 0 Å². The average molecular weight is 328 g/mol. The van der Waals surface area contributed by atoms with Crippen LogP contribution in [0.2, 0.25) is 0 Å². The Morgan fingerprint density at radius 1 is 0.737 bits per heavy atom. The summed E-state index contributed by atoms with van der Waals surface area (Å²) in [5.74, 6) is 0.368. The zero-order valence-corrected chi connectivity index (χ0v) is 12.6. The van der Waals surface area contributed by atoms with E-state index in [9.17, 15) is 30.3 Å². The van der Waals surface area contributed by atoms with Crippen LogP contribution in [0.15, 0.2) is 4.90 Å². The minimum atomic E-state index is -10.7. The van der Waals surface area contributed by atoms with Crippen molar-refractivity contribution in [3.05, 3.63) is 22.3 Å². The van der Waals surface area contributed by atoms with Gasteiger partial charge in [-0.05, 0) is 57.0 Å². The third kappa shape index (κ3) is 7.52. The Kier molecular flexibility index (Phi) is 4.30. The minimum absolute atomic E-state index is 0.368. The van der Waals surface area contributed by atoms with Crippen LogP contribution in [0.4, 0.5) is 25.2 Å². The summed E-state index contributed by atoms with van der Waals surface area (Å²) in [7, 11) is -10.7. The van der Waals surface area contributed by atoms with E-state index in [0.29, 0.717) is 5.75 Å². The molecule has 1 aromatic rings. The van der Waals surface area contributed by atoms with E-state index < -0.39 is 7.81 Å². The van der Waals surface area contributed by atoms with Crippen molar-refractivity contribution in [2.45, 2.75) is 32.6 Å². The molecule has 1 nitrogen and oxygen atoms in total. The van der Waals surface area contributed by atoms with Crippen LogP contribution in [0, 0.1) is 27.7 Å². The van der Waals surface area contributed by atoms with Crippen molar-refractivity contribution in [1.29, 1.82) is 0 Å². The number of benzene rings is 1. The Morgan fingerprint density at radius 3 is 1.32 bits per heavy atom. The Balaban J connectivity index is 0.000000399. The predicted octanol–water partition coefficient (Wildman–Crippen LogP) is 5.38. The molecule has 0 atom stereocenters. The van der Waals surface area contributed by atoms with E-state index in [2.05, 4.69) is 19.6 Å². The van der Waals surface area contributed by atoms with Crippen LogP contribution in [0.3, 0.4) is 0 Å². The van der Waals surface area contributed by atoms with E-state index in [1.807, 2.05) is 20.8 Å². The average Bonchev–Trinajstić information content (AvgIpc) is 2.16. The molecule has 114 valence electrons. The van der Waals surface area contributed by atoms with Gasteiger partial charge in [-0.3, -0.25) is 0 Å². The molecule has 0 saturated carbocycles. The quantitative estimate of drug-likeness (QED) is 0.385. The monoisotopic (exact) mass is 328 g/mol. The molecule has 0 aromatic heterocycles. The molecule has 0 fully saturated rings. The molecular formula is C10H15F6OPS. The molecule has 0 aliphatic heterocycles. The number of hydrogen-bond acceptors (Lipinski definition) is 1. The molecule has 0 aliphatic carbocycles. The van der Waals surface area contributed by atoms with Crippen molar-refractivity contribution in [3.8, 4) is 5.75 Å². The Hall–Kier alpha value is -0.620. The standard InChI is InChI=1S/C10H14OS.F6P/c1-5-6(2)8(4)10(12)9(11)7(5)3;1-7(2,3,4,5)6/h11-12H,1-4H3;/q;-1/p+1. The number of halogens is 6. The van der Waals surface area contributed by atoms with Gasteiger partial charge in [0.25, 0.3) is 0 Å². The molecule has 0 bridgehead atoms. The van der Waals surface area contributed by atoms with Gasteiger partial charge >= 0.3 is 33.0 Å². The summed E-state index contributed by atoms with van der Waals surface area (Å²) in [5, 5.41) is 9.64. The van der Waals surface area contributed by atoms with E-state index in [1.54, 1.807) is 0 Å². The van der Waals surface area contributed by atoms with E-state index in [0.717, 1.165) is 16.0 Å². The van der Waals surface area contributed by atoms with E-state index in [4.69, 9.17) is 0 Å². The summed E-state index contributed by atoms with van der Waals surface area (Å²) in [6, 6.07) is 0. The van der Waals surface area contributed by atoms with Gasteiger partial charge in [-0.1, -0.05) is 0 Å². The van der Waals surface area contributed by atoms with Crippen LogP contribution in [-0.2, 0) is 12.6 Å². The summed E-state index contributed by atoms with van der Waals surface area (Å²) in [6.45, 7) is 8.04. The van der Waals surface area contributed by atoms with E-state index >= 15 is 0 Å². The van der Waals surface area contributed by atoms with Gasteiger partial charge in [-0.25, -0.2) is 0 Å². The molecule has 0 spiro atoms. The fraction of sp³-hybridized carbons (Fsp3) is 0.400. The van der Waals surface area contributed by atoms with Crippen LogP contribution in [0.5, 0.6) is 5.75 Å². The Morgan fingerprint density at radius 2 is 1.00 bits per heavy atom. The second-order valence-electron chi connectivity index (χ2n) is 4.18. The third-order valence-electron chi connectivity index (χ3n) is 2.65. The SMILES string of the molecule is Cc1c(C)c(C)c([SH2+])c(O)c1C.F[P-](F)(F)(F)(F)F. The van der Waals surface area contributed by atoms with Crippen molar-refractivity contribution < 1.29 is 30.3 Å². The second-order valence-corrected chi connectivity index (χ2v) is 6.60. The van der Waals surface area contributed by atoms with Gasteiger partial charge in [0, 0.05) is 5.56 Å². The molecule has 0 unspecified atom stereocenters. The molecule has 0 radical (unpaired) electrons. The number of phenolic OH excluding ortho intramolecular Hbond substituents is 1. The van der Waals surface area contributed by atoms with Crippen LogP contribution in [-0.4, -0.2) is 5.11 Å². The van der Waals surface area contributed by atoms with Gasteiger partial charge in [-0.15, -0.1) is 0 Å².